The summed E-state index contributed by atoms with van der Waals surface area (Å²) in [4.78, 5) is 0. The Morgan fingerprint density at radius 2 is 1.88 bits per heavy atom. The number of halogens is 1. The van der Waals surface area contributed by atoms with Crippen molar-refractivity contribution in [2.75, 3.05) is 13.7 Å². The number of hydrogen-bond acceptors (Lipinski definition) is 4. The maximum Gasteiger partial charge on any atom is 0.180 e. The summed E-state index contributed by atoms with van der Waals surface area (Å²) in [5.74, 6) is 1.15. The number of rotatable bonds is 9. The van der Waals surface area contributed by atoms with Gasteiger partial charge in [-0.25, -0.2) is 0 Å². The molecule has 0 radical (unpaired) electrons. The van der Waals surface area contributed by atoms with Crippen LogP contribution in [-0.4, -0.2) is 24.9 Å². The van der Waals surface area contributed by atoms with Gasteiger partial charge in [-0.15, -0.1) is 0 Å². The van der Waals surface area contributed by atoms with Crippen molar-refractivity contribution in [3.05, 3.63) is 58.1 Å². The SMILES string of the molecule is CC[C@@H](CO)NCc1cc(Cl)c(OCc2ccc(C)cc2)c(OC)c1. The van der Waals surface area contributed by atoms with Crippen LogP contribution in [0.15, 0.2) is 36.4 Å². The van der Waals surface area contributed by atoms with E-state index in [1.165, 1.54) is 5.56 Å². The maximum absolute atomic E-state index is 9.27. The van der Waals surface area contributed by atoms with Gasteiger partial charge >= 0.3 is 0 Å². The van der Waals surface area contributed by atoms with Gasteiger partial charge in [0.05, 0.1) is 18.7 Å². The predicted octanol–water partition coefficient (Wildman–Crippen LogP) is 4.10. The van der Waals surface area contributed by atoms with E-state index in [1.54, 1.807) is 7.11 Å². The van der Waals surface area contributed by atoms with Crippen molar-refractivity contribution in [1.29, 1.82) is 0 Å². The molecular formula is C20H26ClNO3. The summed E-state index contributed by atoms with van der Waals surface area (Å²) in [6, 6.07) is 12.0. The van der Waals surface area contributed by atoms with Crippen LogP contribution in [0.3, 0.4) is 0 Å². The van der Waals surface area contributed by atoms with Gasteiger partial charge in [0.15, 0.2) is 11.5 Å². The van der Waals surface area contributed by atoms with Crippen LogP contribution in [0, 0.1) is 6.92 Å². The van der Waals surface area contributed by atoms with Crippen LogP contribution in [0.5, 0.6) is 11.5 Å². The Balaban J connectivity index is 2.09. The number of aliphatic hydroxyl groups is 1. The van der Waals surface area contributed by atoms with Gasteiger partial charge in [-0.3, -0.25) is 0 Å². The van der Waals surface area contributed by atoms with Crippen LogP contribution in [-0.2, 0) is 13.2 Å². The minimum absolute atomic E-state index is 0.0715. The molecule has 0 unspecified atom stereocenters. The topological polar surface area (TPSA) is 50.7 Å². The fourth-order valence-corrected chi connectivity index (χ4v) is 2.74. The molecule has 2 aromatic rings. The van der Waals surface area contributed by atoms with Crippen LogP contribution in [0.4, 0.5) is 0 Å². The molecule has 0 aliphatic carbocycles. The Bertz CT molecular complexity index is 669. The van der Waals surface area contributed by atoms with E-state index in [-0.39, 0.29) is 12.6 Å². The quantitative estimate of drug-likeness (QED) is 0.704. The number of benzene rings is 2. The van der Waals surface area contributed by atoms with Crippen molar-refractivity contribution >= 4 is 11.6 Å². The van der Waals surface area contributed by atoms with Crippen LogP contribution < -0.4 is 14.8 Å². The van der Waals surface area contributed by atoms with Crippen molar-refractivity contribution in [2.24, 2.45) is 0 Å². The Labute approximate surface area is 154 Å². The van der Waals surface area contributed by atoms with Gasteiger partial charge in [0, 0.05) is 12.6 Å². The molecule has 0 aliphatic heterocycles. The van der Waals surface area contributed by atoms with E-state index in [0.717, 1.165) is 17.5 Å². The Hall–Kier alpha value is -1.75. The molecular weight excluding hydrogens is 338 g/mol. The normalized spacial score (nSPS) is 12.0. The van der Waals surface area contributed by atoms with Crippen molar-refractivity contribution < 1.29 is 14.6 Å². The minimum atomic E-state index is 0.0715. The Morgan fingerprint density at radius 1 is 1.16 bits per heavy atom. The first-order chi connectivity index (χ1) is 12.1. The lowest BCUT2D eigenvalue weighted by molar-refractivity contribution is 0.238. The standard InChI is InChI=1S/C20H26ClNO3/c1-4-17(12-23)22-11-16-9-18(21)20(19(10-16)24-3)25-13-15-7-5-14(2)6-8-15/h5-10,17,22-23H,4,11-13H2,1-3H3/t17-/m0/s1. The van der Waals surface area contributed by atoms with Crippen LogP contribution in [0.25, 0.3) is 0 Å². The summed E-state index contributed by atoms with van der Waals surface area (Å²) in [7, 11) is 1.60. The van der Waals surface area contributed by atoms with Gasteiger partial charge in [-0.2, -0.15) is 0 Å². The third kappa shape index (κ3) is 5.63. The second kappa shape index (κ2) is 9.66. The highest BCUT2D eigenvalue weighted by Gasteiger charge is 2.13. The third-order valence-electron chi connectivity index (χ3n) is 4.10. The molecule has 136 valence electrons. The zero-order valence-corrected chi connectivity index (χ0v) is 15.8. The number of hydrogen-bond donors (Lipinski definition) is 2. The van der Waals surface area contributed by atoms with E-state index in [0.29, 0.717) is 29.7 Å². The zero-order chi connectivity index (χ0) is 18.2. The molecule has 0 bridgehead atoms. The van der Waals surface area contributed by atoms with Gasteiger partial charge in [0.1, 0.15) is 6.61 Å². The van der Waals surface area contributed by atoms with Crippen LogP contribution in [0.2, 0.25) is 5.02 Å². The molecule has 5 heteroatoms. The second-order valence-corrected chi connectivity index (χ2v) is 6.46. The fourth-order valence-electron chi connectivity index (χ4n) is 2.46. The van der Waals surface area contributed by atoms with Crippen molar-refractivity contribution in [3.8, 4) is 11.5 Å². The van der Waals surface area contributed by atoms with Gasteiger partial charge < -0.3 is 19.9 Å². The average Bonchev–Trinajstić information content (AvgIpc) is 2.62. The number of aryl methyl sites for hydroxylation is 1. The van der Waals surface area contributed by atoms with Gasteiger partial charge in [-0.05, 0) is 36.6 Å². The lowest BCUT2D eigenvalue weighted by atomic mass is 10.1. The zero-order valence-electron chi connectivity index (χ0n) is 15.0. The maximum atomic E-state index is 9.27. The Morgan fingerprint density at radius 3 is 2.48 bits per heavy atom. The highest BCUT2D eigenvalue weighted by Crippen LogP contribution is 2.37. The van der Waals surface area contributed by atoms with E-state index < -0.39 is 0 Å². The van der Waals surface area contributed by atoms with Crippen LogP contribution >= 0.6 is 11.6 Å². The lowest BCUT2D eigenvalue weighted by Gasteiger charge is -2.17. The molecule has 0 amide bonds. The first-order valence-electron chi connectivity index (χ1n) is 8.46. The number of ether oxygens (including phenoxy) is 2. The molecule has 0 spiro atoms. The molecule has 0 heterocycles. The predicted molar refractivity (Wildman–Crippen MR) is 102 cm³/mol. The van der Waals surface area contributed by atoms with Gasteiger partial charge in [-0.1, -0.05) is 48.4 Å². The van der Waals surface area contributed by atoms with E-state index in [2.05, 4.69) is 24.4 Å². The van der Waals surface area contributed by atoms with Crippen LogP contribution in [0.1, 0.15) is 30.0 Å². The molecule has 4 nitrogen and oxygen atoms in total. The molecule has 0 aliphatic rings. The minimum Gasteiger partial charge on any atom is -0.493 e. The van der Waals surface area contributed by atoms with Crippen molar-refractivity contribution in [2.45, 2.75) is 39.5 Å². The fraction of sp³-hybridized carbons (Fsp3) is 0.400. The third-order valence-corrected chi connectivity index (χ3v) is 4.38. The summed E-state index contributed by atoms with van der Waals surface area (Å²) in [5, 5.41) is 13.1. The summed E-state index contributed by atoms with van der Waals surface area (Å²) in [6.07, 6.45) is 0.860. The first kappa shape index (κ1) is 19.6. The van der Waals surface area contributed by atoms with E-state index in [9.17, 15) is 5.11 Å². The average molecular weight is 364 g/mol. The molecule has 1 atom stereocenters. The first-order valence-corrected chi connectivity index (χ1v) is 8.84. The molecule has 0 aromatic heterocycles. The summed E-state index contributed by atoms with van der Waals surface area (Å²) < 4.78 is 11.3. The lowest BCUT2D eigenvalue weighted by Crippen LogP contribution is -2.31. The second-order valence-electron chi connectivity index (χ2n) is 6.05. The molecule has 0 fully saturated rings. The molecule has 0 saturated heterocycles. The van der Waals surface area contributed by atoms with Crippen molar-refractivity contribution in [1.82, 2.24) is 5.32 Å². The number of aliphatic hydroxyl groups excluding tert-OH is 1. The molecule has 2 rings (SSSR count). The number of methoxy groups -OCH3 is 1. The van der Waals surface area contributed by atoms with Crippen molar-refractivity contribution in [3.63, 3.8) is 0 Å². The van der Waals surface area contributed by atoms with E-state index in [4.69, 9.17) is 21.1 Å². The molecule has 2 aromatic carbocycles. The largest absolute Gasteiger partial charge is 0.493 e. The van der Waals surface area contributed by atoms with E-state index in [1.807, 2.05) is 31.2 Å². The molecule has 25 heavy (non-hydrogen) atoms. The number of nitrogens with one attached hydrogen (secondary N) is 1. The monoisotopic (exact) mass is 363 g/mol. The highest BCUT2D eigenvalue weighted by atomic mass is 35.5. The molecule has 2 N–H and O–H groups in total. The van der Waals surface area contributed by atoms with Gasteiger partial charge in [0.25, 0.3) is 0 Å². The smallest absolute Gasteiger partial charge is 0.180 e. The van der Waals surface area contributed by atoms with Gasteiger partial charge in [0.2, 0.25) is 0 Å². The van der Waals surface area contributed by atoms with E-state index >= 15 is 0 Å². The summed E-state index contributed by atoms with van der Waals surface area (Å²) in [5.41, 5.74) is 3.27. The highest BCUT2D eigenvalue weighted by molar-refractivity contribution is 6.32. The summed E-state index contributed by atoms with van der Waals surface area (Å²) in [6.45, 7) is 5.23. The molecule has 0 saturated carbocycles. The Kier molecular flexibility index (Phi) is 7.56. The summed E-state index contributed by atoms with van der Waals surface area (Å²) >= 11 is 6.41.